The van der Waals surface area contributed by atoms with Crippen LogP contribution in [0.5, 0.6) is 0 Å². The number of amides is 1. The molecule has 1 aliphatic rings. The third-order valence-electron chi connectivity index (χ3n) is 4.70. The lowest BCUT2D eigenvalue weighted by Crippen LogP contribution is -2.46. The average molecular weight is 254 g/mol. The first-order valence-corrected chi connectivity index (χ1v) is 7.55. The standard InChI is InChI=1S/C15H30N2O/c1-5-12(6-2)11(4)17-15(18)14-9-13(16)8-7-10(14)3/h10-14H,5-9,16H2,1-4H3,(H,17,18). The highest BCUT2D eigenvalue weighted by Gasteiger charge is 2.32. The summed E-state index contributed by atoms with van der Waals surface area (Å²) >= 11 is 0. The molecule has 3 nitrogen and oxygen atoms in total. The van der Waals surface area contributed by atoms with Gasteiger partial charge in [0.2, 0.25) is 5.91 Å². The summed E-state index contributed by atoms with van der Waals surface area (Å²) in [5, 5.41) is 3.21. The van der Waals surface area contributed by atoms with Crippen LogP contribution in [-0.2, 0) is 4.79 Å². The lowest BCUT2D eigenvalue weighted by Gasteiger charge is -2.33. The predicted octanol–water partition coefficient (Wildman–Crippen LogP) is 2.69. The Morgan fingerprint density at radius 1 is 1.33 bits per heavy atom. The number of nitrogens with two attached hydrogens (primary N) is 1. The quantitative estimate of drug-likeness (QED) is 0.792. The van der Waals surface area contributed by atoms with E-state index in [1.54, 1.807) is 0 Å². The van der Waals surface area contributed by atoms with Crippen LogP contribution in [0.2, 0.25) is 0 Å². The fourth-order valence-electron chi connectivity index (χ4n) is 3.16. The molecule has 4 atom stereocenters. The minimum atomic E-state index is 0.116. The van der Waals surface area contributed by atoms with Crippen LogP contribution >= 0.6 is 0 Å². The summed E-state index contributed by atoms with van der Waals surface area (Å²) in [5.41, 5.74) is 5.99. The molecular weight excluding hydrogens is 224 g/mol. The normalized spacial score (nSPS) is 30.2. The van der Waals surface area contributed by atoms with E-state index in [1.165, 1.54) is 0 Å². The first-order chi connectivity index (χ1) is 8.49. The van der Waals surface area contributed by atoms with Gasteiger partial charge in [0.1, 0.15) is 0 Å². The van der Waals surface area contributed by atoms with Gasteiger partial charge < -0.3 is 11.1 Å². The third-order valence-corrected chi connectivity index (χ3v) is 4.70. The zero-order valence-electron chi connectivity index (χ0n) is 12.4. The van der Waals surface area contributed by atoms with E-state index in [4.69, 9.17) is 5.73 Å². The van der Waals surface area contributed by atoms with Gasteiger partial charge in [-0.15, -0.1) is 0 Å². The molecular formula is C15H30N2O. The molecule has 0 bridgehead atoms. The Bertz CT molecular complexity index is 263. The fraction of sp³-hybridized carbons (Fsp3) is 0.933. The van der Waals surface area contributed by atoms with E-state index < -0.39 is 0 Å². The fourth-order valence-corrected chi connectivity index (χ4v) is 3.16. The van der Waals surface area contributed by atoms with Crippen LogP contribution in [0.1, 0.15) is 59.8 Å². The molecule has 0 aromatic rings. The molecule has 106 valence electrons. The molecule has 1 fully saturated rings. The molecule has 0 saturated heterocycles. The van der Waals surface area contributed by atoms with E-state index in [0.29, 0.717) is 11.8 Å². The molecule has 3 heteroatoms. The number of carbonyl (C=O) groups excluding carboxylic acids is 1. The monoisotopic (exact) mass is 254 g/mol. The predicted molar refractivity (Wildman–Crippen MR) is 76.2 cm³/mol. The number of rotatable bonds is 5. The van der Waals surface area contributed by atoms with Crippen molar-refractivity contribution in [2.24, 2.45) is 23.5 Å². The van der Waals surface area contributed by atoms with E-state index in [0.717, 1.165) is 32.1 Å². The van der Waals surface area contributed by atoms with Gasteiger partial charge in [0, 0.05) is 18.0 Å². The van der Waals surface area contributed by atoms with Gasteiger partial charge in [0.15, 0.2) is 0 Å². The Kier molecular flexibility index (Phi) is 6.13. The minimum absolute atomic E-state index is 0.116. The van der Waals surface area contributed by atoms with Crippen molar-refractivity contribution in [1.29, 1.82) is 0 Å². The van der Waals surface area contributed by atoms with Gasteiger partial charge in [-0.3, -0.25) is 4.79 Å². The van der Waals surface area contributed by atoms with Crippen molar-refractivity contribution in [2.75, 3.05) is 0 Å². The Morgan fingerprint density at radius 3 is 2.50 bits per heavy atom. The van der Waals surface area contributed by atoms with Crippen LogP contribution < -0.4 is 11.1 Å². The maximum absolute atomic E-state index is 12.3. The summed E-state index contributed by atoms with van der Waals surface area (Å²) in [6, 6.07) is 0.484. The summed E-state index contributed by atoms with van der Waals surface area (Å²) in [4.78, 5) is 12.3. The van der Waals surface area contributed by atoms with Gasteiger partial charge in [-0.25, -0.2) is 0 Å². The van der Waals surface area contributed by atoms with Gasteiger partial charge in [0.25, 0.3) is 0 Å². The summed E-state index contributed by atoms with van der Waals surface area (Å²) < 4.78 is 0. The van der Waals surface area contributed by atoms with Crippen LogP contribution in [0.25, 0.3) is 0 Å². The molecule has 4 unspecified atom stereocenters. The van der Waals surface area contributed by atoms with E-state index in [-0.39, 0.29) is 23.9 Å². The van der Waals surface area contributed by atoms with Crippen molar-refractivity contribution < 1.29 is 4.79 Å². The van der Waals surface area contributed by atoms with Crippen LogP contribution in [-0.4, -0.2) is 18.0 Å². The second-order valence-corrected chi connectivity index (χ2v) is 6.03. The average Bonchev–Trinajstić information content (AvgIpc) is 2.33. The highest BCUT2D eigenvalue weighted by molar-refractivity contribution is 5.79. The first-order valence-electron chi connectivity index (χ1n) is 7.55. The molecule has 1 amide bonds. The summed E-state index contributed by atoms with van der Waals surface area (Å²) in [6.45, 7) is 8.69. The zero-order valence-corrected chi connectivity index (χ0v) is 12.4. The van der Waals surface area contributed by atoms with E-state index in [1.807, 2.05) is 0 Å². The van der Waals surface area contributed by atoms with Crippen molar-refractivity contribution in [3.8, 4) is 0 Å². The number of hydrogen-bond donors (Lipinski definition) is 2. The lowest BCUT2D eigenvalue weighted by molar-refractivity contribution is -0.128. The lowest BCUT2D eigenvalue weighted by atomic mass is 9.77. The van der Waals surface area contributed by atoms with Gasteiger partial charge >= 0.3 is 0 Å². The van der Waals surface area contributed by atoms with Crippen molar-refractivity contribution >= 4 is 5.91 Å². The Hall–Kier alpha value is -0.570. The Balaban J connectivity index is 2.53. The first kappa shape index (κ1) is 15.5. The Labute approximate surface area is 112 Å². The molecule has 1 rings (SSSR count). The van der Waals surface area contributed by atoms with Gasteiger partial charge in [0.05, 0.1) is 0 Å². The van der Waals surface area contributed by atoms with E-state index in [2.05, 4.69) is 33.0 Å². The van der Waals surface area contributed by atoms with Crippen molar-refractivity contribution in [2.45, 2.75) is 71.9 Å². The van der Waals surface area contributed by atoms with Crippen molar-refractivity contribution in [3.63, 3.8) is 0 Å². The maximum atomic E-state index is 12.3. The maximum Gasteiger partial charge on any atom is 0.223 e. The van der Waals surface area contributed by atoms with Gasteiger partial charge in [-0.05, 0) is 38.0 Å². The van der Waals surface area contributed by atoms with E-state index >= 15 is 0 Å². The Morgan fingerprint density at radius 2 is 1.94 bits per heavy atom. The molecule has 18 heavy (non-hydrogen) atoms. The number of carbonyl (C=O) groups is 1. The third kappa shape index (κ3) is 3.98. The van der Waals surface area contributed by atoms with Crippen molar-refractivity contribution in [1.82, 2.24) is 5.32 Å². The largest absolute Gasteiger partial charge is 0.353 e. The molecule has 1 aliphatic carbocycles. The molecule has 0 radical (unpaired) electrons. The van der Waals surface area contributed by atoms with Crippen molar-refractivity contribution in [3.05, 3.63) is 0 Å². The topological polar surface area (TPSA) is 55.1 Å². The van der Waals surface area contributed by atoms with Crippen LogP contribution in [0.4, 0.5) is 0 Å². The molecule has 1 saturated carbocycles. The molecule has 0 spiro atoms. The van der Waals surface area contributed by atoms with Gasteiger partial charge in [-0.1, -0.05) is 33.6 Å². The van der Waals surface area contributed by atoms with Crippen LogP contribution in [0, 0.1) is 17.8 Å². The second-order valence-electron chi connectivity index (χ2n) is 6.03. The second kappa shape index (κ2) is 7.13. The number of nitrogens with one attached hydrogen (secondary N) is 1. The summed E-state index contributed by atoms with van der Waals surface area (Å²) in [5.74, 6) is 1.39. The molecule has 0 aromatic heterocycles. The molecule has 0 aromatic carbocycles. The zero-order chi connectivity index (χ0) is 13.7. The highest BCUT2D eigenvalue weighted by atomic mass is 16.2. The van der Waals surface area contributed by atoms with Gasteiger partial charge in [-0.2, -0.15) is 0 Å². The molecule has 0 heterocycles. The SMILES string of the molecule is CCC(CC)C(C)NC(=O)C1CC(N)CCC1C. The summed E-state index contributed by atoms with van der Waals surface area (Å²) in [6.07, 6.45) is 5.24. The van der Waals surface area contributed by atoms with Crippen LogP contribution in [0.15, 0.2) is 0 Å². The number of hydrogen-bond acceptors (Lipinski definition) is 2. The molecule has 3 N–H and O–H groups in total. The summed E-state index contributed by atoms with van der Waals surface area (Å²) in [7, 11) is 0. The van der Waals surface area contributed by atoms with Crippen LogP contribution in [0.3, 0.4) is 0 Å². The smallest absolute Gasteiger partial charge is 0.223 e. The molecule has 0 aliphatic heterocycles. The van der Waals surface area contributed by atoms with E-state index in [9.17, 15) is 4.79 Å². The highest BCUT2D eigenvalue weighted by Crippen LogP contribution is 2.29. The minimum Gasteiger partial charge on any atom is -0.353 e.